The first-order valence-corrected chi connectivity index (χ1v) is 12.4. The second-order valence-electron chi connectivity index (χ2n) is 6.82. The van der Waals surface area contributed by atoms with Crippen LogP contribution in [0.2, 0.25) is 10.0 Å². The Morgan fingerprint density at radius 3 is 2.39 bits per heavy atom. The average Bonchev–Trinajstić information content (AvgIpc) is 3.17. The van der Waals surface area contributed by atoms with Crippen LogP contribution in [-0.2, 0) is 10.0 Å². The molecule has 0 aliphatic heterocycles. The quantitative estimate of drug-likeness (QED) is 0.468. The number of carbonyl (C=O) groups excluding carboxylic acids is 1. The highest BCUT2D eigenvalue weighted by Gasteiger charge is 2.28. The zero-order valence-electron chi connectivity index (χ0n) is 17.0. The third-order valence-electron chi connectivity index (χ3n) is 4.32. The Labute approximate surface area is 195 Å². The lowest BCUT2D eigenvalue weighted by molar-refractivity contribution is 0.102. The Bertz CT molecular complexity index is 1200. The number of sulfonamides is 1. The minimum Gasteiger partial charge on any atom is -0.296 e. The summed E-state index contributed by atoms with van der Waals surface area (Å²) in [5.74, 6) is -0.440. The summed E-state index contributed by atoms with van der Waals surface area (Å²) in [7, 11) is -4.05. The topological polar surface area (TPSA) is 92.3 Å². The number of anilines is 2. The summed E-state index contributed by atoms with van der Waals surface area (Å²) >= 11 is 13.7. The van der Waals surface area contributed by atoms with Gasteiger partial charge in [0.25, 0.3) is 15.9 Å². The fourth-order valence-electron chi connectivity index (χ4n) is 2.79. The van der Waals surface area contributed by atoms with E-state index in [1.54, 1.807) is 37.3 Å². The van der Waals surface area contributed by atoms with E-state index in [1.165, 1.54) is 27.8 Å². The number of benzene rings is 2. The second-order valence-corrected chi connectivity index (χ2v) is 10.5. The fraction of sp³-hybridized carbons (Fsp3) is 0.250. The van der Waals surface area contributed by atoms with Crippen LogP contribution in [0, 0.1) is 0 Å². The SMILES string of the molecule is CCN(c1ccccc1)S(=O)(=O)c1cc(C(=O)Nc2nnc(C(C)C)s2)c(Cl)cc1Cl. The minimum atomic E-state index is -4.05. The molecular formula is C20H20Cl2N4O3S2. The molecule has 0 saturated heterocycles. The van der Waals surface area contributed by atoms with Gasteiger partial charge in [0, 0.05) is 12.5 Å². The number of hydrogen-bond acceptors (Lipinski definition) is 6. The average molecular weight is 499 g/mol. The number of aromatic nitrogens is 2. The van der Waals surface area contributed by atoms with Crippen LogP contribution in [0.15, 0.2) is 47.4 Å². The lowest BCUT2D eigenvalue weighted by Gasteiger charge is -2.23. The standard InChI is InChI=1S/C20H20Cl2N4O3S2/c1-4-26(13-8-6-5-7-9-13)31(28,29)17-10-14(15(21)11-16(17)22)18(27)23-20-25-24-19(30-20)12(2)3/h5-12H,4H2,1-3H3,(H,23,25,27). The van der Waals surface area contributed by atoms with E-state index in [4.69, 9.17) is 23.2 Å². The molecule has 0 aliphatic rings. The molecule has 0 atom stereocenters. The number of para-hydroxylation sites is 1. The van der Waals surface area contributed by atoms with Gasteiger partial charge in [-0.05, 0) is 31.2 Å². The lowest BCUT2D eigenvalue weighted by Crippen LogP contribution is -2.31. The van der Waals surface area contributed by atoms with Gasteiger partial charge in [0.05, 0.1) is 21.3 Å². The fourth-order valence-corrected chi connectivity index (χ4v) is 5.84. The van der Waals surface area contributed by atoms with E-state index in [1.807, 2.05) is 13.8 Å². The predicted octanol–water partition coefficient (Wildman–Crippen LogP) is 5.44. The van der Waals surface area contributed by atoms with Crippen molar-refractivity contribution in [2.24, 2.45) is 0 Å². The molecule has 0 saturated carbocycles. The Hall–Kier alpha value is -2.20. The highest BCUT2D eigenvalue weighted by atomic mass is 35.5. The number of amides is 1. The van der Waals surface area contributed by atoms with Crippen molar-refractivity contribution in [1.29, 1.82) is 0 Å². The predicted molar refractivity (Wildman–Crippen MR) is 125 cm³/mol. The number of nitrogens with one attached hydrogen (secondary N) is 1. The smallest absolute Gasteiger partial charge is 0.265 e. The van der Waals surface area contributed by atoms with E-state index in [0.717, 1.165) is 5.01 Å². The van der Waals surface area contributed by atoms with Crippen molar-refractivity contribution in [3.05, 3.63) is 63.1 Å². The lowest BCUT2D eigenvalue weighted by atomic mass is 10.2. The molecule has 1 amide bonds. The molecule has 1 aromatic heterocycles. The third-order valence-corrected chi connectivity index (χ3v) is 8.14. The molecule has 3 aromatic rings. The van der Waals surface area contributed by atoms with Gasteiger partial charge in [-0.3, -0.25) is 14.4 Å². The van der Waals surface area contributed by atoms with E-state index >= 15 is 0 Å². The van der Waals surface area contributed by atoms with Crippen molar-refractivity contribution < 1.29 is 13.2 Å². The third kappa shape index (κ3) is 5.01. The molecule has 164 valence electrons. The first-order valence-electron chi connectivity index (χ1n) is 9.36. The summed E-state index contributed by atoms with van der Waals surface area (Å²) in [5, 5.41) is 11.6. The Morgan fingerprint density at radius 2 is 1.81 bits per heavy atom. The van der Waals surface area contributed by atoms with Crippen LogP contribution >= 0.6 is 34.5 Å². The molecule has 11 heteroatoms. The van der Waals surface area contributed by atoms with E-state index in [2.05, 4.69) is 15.5 Å². The Balaban J connectivity index is 1.99. The normalized spacial score (nSPS) is 11.5. The van der Waals surface area contributed by atoms with E-state index in [9.17, 15) is 13.2 Å². The zero-order chi connectivity index (χ0) is 22.8. The van der Waals surface area contributed by atoms with Crippen molar-refractivity contribution in [3.8, 4) is 0 Å². The van der Waals surface area contributed by atoms with Crippen molar-refractivity contribution in [2.45, 2.75) is 31.6 Å². The van der Waals surface area contributed by atoms with Crippen molar-refractivity contribution in [3.63, 3.8) is 0 Å². The first kappa shape index (κ1) is 23.5. The molecule has 0 fully saturated rings. The number of rotatable bonds is 7. The molecule has 0 unspecified atom stereocenters. The van der Waals surface area contributed by atoms with Gasteiger partial charge in [0.15, 0.2) is 0 Å². The number of nitrogens with zero attached hydrogens (tertiary/aromatic N) is 3. The molecule has 3 rings (SSSR count). The molecule has 0 bridgehead atoms. The first-order chi connectivity index (χ1) is 14.6. The molecule has 0 spiro atoms. The molecule has 7 nitrogen and oxygen atoms in total. The molecule has 0 radical (unpaired) electrons. The van der Waals surface area contributed by atoms with Crippen LogP contribution in [-0.4, -0.2) is 31.1 Å². The van der Waals surface area contributed by atoms with Gasteiger partial charge in [-0.1, -0.05) is 66.6 Å². The van der Waals surface area contributed by atoms with E-state index in [0.29, 0.717) is 10.8 Å². The maximum absolute atomic E-state index is 13.4. The van der Waals surface area contributed by atoms with Crippen LogP contribution in [0.5, 0.6) is 0 Å². The van der Waals surface area contributed by atoms with Gasteiger partial charge in [-0.15, -0.1) is 10.2 Å². The number of halogens is 2. The van der Waals surface area contributed by atoms with Crippen LogP contribution in [0.1, 0.15) is 42.1 Å². The van der Waals surface area contributed by atoms with Gasteiger partial charge < -0.3 is 0 Å². The monoisotopic (exact) mass is 498 g/mol. The van der Waals surface area contributed by atoms with Crippen molar-refractivity contribution in [2.75, 3.05) is 16.2 Å². The molecule has 1 N–H and O–H groups in total. The summed E-state index contributed by atoms with van der Waals surface area (Å²) in [5.41, 5.74) is 0.451. The van der Waals surface area contributed by atoms with Crippen LogP contribution < -0.4 is 9.62 Å². The van der Waals surface area contributed by atoms with Gasteiger partial charge in [0.2, 0.25) is 5.13 Å². The summed E-state index contributed by atoms with van der Waals surface area (Å²) in [4.78, 5) is 12.6. The summed E-state index contributed by atoms with van der Waals surface area (Å²) in [6.45, 7) is 5.82. The molecule has 0 aliphatic carbocycles. The number of hydrogen-bond donors (Lipinski definition) is 1. The molecule has 31 heavy (non-hydrogen) atoms. The van der Waals surface area contributed by atoms with Crippen molar-refractivity contribution >= 4 is 61.3 Å². The summed E-state index contributed by atoms with van der Waals surface area (Å²) in [6.07, 6.45) is 0. The highest BCUT2D eigenvalue weighted by Crippen LogP contribution is 2.33. The Morgan fingerprint density at radius 1 is 1.13 bits per heavy atom. The minimum absolute atomic E-state index is 0.0257. The highest BCUT2D eigenvalue weighted by molar-refractivity contribution is 7.93. The van der Waals surface area contributed by atoms with E-state index in [-0.39, 0.29) is 33.0 Å². The second kappa shape index (κ2) is 9.52. The number of carbonyl (C=O) groups is 1. The van der Waals surface area contributed by atoms with Crippen LogP contribution in [0.3, 0.4) is 0 Å². The van der Waals surface area contributed by atoms with Crippen LogP contribution in [0.4, 0.5) is 10.8 Å². The van der Waals surface area contributed by atoms with Crippen LogP contribution in [0.25, 0.3) is 0 Å². The van der Waals surface area contributed by atoms with Gasteiger partial charge in [0.1, 0.15) is 9.90 Å². The zero-order valence-corrected chi connectivity index (χ0v) is 20.1. The maximum Gasteiger partial charge on any atom is 0.265 e. The summed E-state index contributed by atoms with van der Waals surface area (Å²) in [6, 6.07) is 11.1. The van der Waals surface area contributed by atoms with Gasteiger partial charge in [-0.2, -0.15) is 0 Å². The largest absolute Gasteiger partial charge is 0.296 e. The maximum atomic E-state index is 13.4. The summed E-state index contributed by atoms with van der Waals surface area (Å²) < 4.78 is 27.9. The molecule has 1 heterocycles. The molecule has 2 aromatic carbocycles. The van der Waals surface area contributed by atoms with Crippen molar-refractivity contribution in [1.82, 2.24) is 10.2 Å². The van der Waals surface area contributed by atoms with E-state index < -0.39 is 15.9 Å². The Kier molecular flexibility index (Phi) is 7.20. The van der Waals surface area contributed by atoms with Gasteiger partial charge >= 0.3 is 0 Å². The molecular weight excluding hydrogens is 479 g/mol. The van der Waals surface area contributed by atoms with Gasteiger partial charge in [-0.25, -0.2) is 8.42 Å².